The molecule has 18 heteroatoms. The van der Waals surface area contributed by atoms with Crippen molar-refractivity contribution < 1.29 is 28.8 Å². The molecule has 18 nitrogen and oxygen atoms in total. The third-order valence-corrected chi connectivity index (χ3v) is 9.33. The van der Waals surface area contributed by atoms with Gasteiger partial charge in [0.25, 0.3) is 5.91 Å². The first-order valence-electron chi connectivity index (χ1n) is 18.9. The number of imidazole rings is 1. The van der Waals surface area contributed by atoms with Gasteiger partial charge in [-0.2, -0.15) is 0 Å². The fourth-order valence-electron chi connectivity index (χ4n) is 6.31. The minimum absolute atomic E-state index is 0.00306. The Morgan fingerprint density at radius 3 is 1.98 bits per heavy atom. The predicted octanol–water partition coefficient (Wildman–Crippen LogP) is -0.173. The van der Waals surface area contributed by atoms with Gasteiger partial charge in [0, 0.05) is 60.4 Å². The highest BCUT2D eigenvalue weighted by Crippen LogP contribution is 2.19. The summed E-state index contributed by atoms with van der Waals surface area (Å²) in [6.07, 6.45) is 4.99. The molecule has 5 aromatic rings. The predicted molar refractivity (Wildman–Crippen MR) is 220 cm³/mol. The molecule has 0 radical (unpaired) electrons. The van der Waals surface area contributed by atoms with E-state index in [-0.39, 0.29) is 44.6 Å². The molecular weight excluding hydrogens is 757 g/mol. The van der Waals surface area contributed by atoms with Crippen LogP contribution in [0.1, 0.15) is 40.0 Å². The van der Waals surface area contributed by atoms with Crippen LogP contribution in [0.2, 0.25) is 0 Å². The lowest BCUT2D eigenvalue weighted by Crippen LogP contribution is -2.59. The Balaban J connectivity index is 1.34. The number of aliphatic imine (C=N–C) groups is 1. The number of aromatic nitrogens is 3. The normalized spacial score (nSPS) is 12.9. The number of H-pyrrole nitrogens is 2. The SMILES string of the molecule is NC(=O)[C@H](Cc1c[nH]c2ccccc12)NC(=O)[C@H](CCCN=C(N)N)NC(=O)[C@@H](Cc1ccccc1)NC(=O)[C@H](Cc1cnc[nH]1)NC(=O)CNC(=O)c1ccccc1. The topological polar surface area (TPSA) is 297 Å². The maximum absolute atomic E-state index is 14.2. The van der Waals surface area contributed by atoms with Crippen LogP contribution in [0.4, 0.5) is 0 Å². The monoisotopic (exact) mass is 804 g/mol. The van der Waals surface area contributed by atoms with E-state index in [0.29, 0.717) is 16.8 Å². The van der Waals surface area contributed by atoms with Gasteiger partial charge in [-0.3, -0.25) is 33.8 Å². The number of para-hydroxylation sites is 1. The number of amides is 6. The molecule has 0 bridgehead atoms. The molecule has 308 valence electrons. The number of nitrogens with two attached hydrogens (primary N) is 3. The van der Waals surface area contributed by atoms with Gasteiger partial charge in [0.2, 0.25) is 29.5 Å². The zero-order valence-corrected chi connectivity index (χ0v) is 32.2. The van der Waals surface area contributed by atoms with Crippen LogP contribution in [-0.4, -0.2) is 93.6 Å². The van der Waals surface area contributed by atoms with Gasteiger partial charge in [0.15, 0.2) is 5.96 Å². The Kier molecular flexibility index (Phi) is 15.3. The largest absolute Gasteiger partial charge is 0.370 e. The van der Waals surface area contributed by atoms with E-state index in [1.54, 1.807) is 66.9 Å². The summed E-state index contributed by atoms with van der Waals surface area (Å²) in [6, 6.07) is 19.9. The highest BCUT2D eigenvalue weighted by atomic mass is 16.2. The molecule has 59 heavy (non-hydrogen) atoms. The third-order valence-electron chi connectivity index (χ3n) is 9.33. The van der Waals surface area contributed by atoms with Crippen molar-refractivity contribution in [2.24, 2.45) is 22.2 Å². The average Bonchev–Trinajstić information content (AvgIpc) is 3.91. The van der Waals surface area contributed by atoms with Crippen molar-refractivity contribution in [2.75, 3.05) is 13.1 Å². The lowest BCUT2D eigenvalue weighted by atomic mass is 10.0. The highest BCUT2D eigenvalue weighted by Gasteiger charge is 2.32. The number of fused-ring (bicyclic) bond motifs is 1. The summed E-state index contributed by atoms with van der Waals surface area (Å²) in [7, 11) is 0. The van der Waals surface area contributed by atoms with Crippen LogP contribution < -0.4 is 43.8 Å². The number of hydrogen-bond donors (Lipinski definition) is 10. The van der Waals surface area contributed by atoms with Gasteiger partial charge in [-0.05, 0) is 42.2 Å². The van der Waals surface area contributed by atoms with Crippen molar-refractivity contribution in [3.05, 3.63) is 126 Å². The minimum atomic E-state index is -1.25. The number of primary amides is 1. The van der Waals surface area contributed by atoms with Crippen LogP contribution in [0.15, 0.2) is 109 Å². The summed E-state index contributed by atoms with van der Waals surface area (Å²) in [5, 5.41) is 14.2. The first-order valence-corrected chi connectivity index (χ1v) is 18.9. The van der Waals surface area contributed by atoms with E-state index in [1.165, 1.54) is 12.5 Å². The molecule has 3 aromatic carbocycles. The highest BCUT2D eigenvalue weighted by molar-refractivity contribution is 5.98. The lowest BCUT2D eigenvalue weighted by molar-refractivity contribution is -0.134. The number of guanidine groups is 1. The summed E-state index contributed by atoms with van der Waals surface area (Å²) in [5.41, 5.74) is 19.9. The van der Waals surface area contributed by atoms with E-state index in [2.05, 4.69) is 46.5 Å². The fourth-order valence-corrected chi connectivity index (χ4v) is 6.31. The summed E-state index contributed by atoms with van der Waals surface area (Å²) in [4.78, 5) is 94.5. The molecule has 0 aliphatic heterocycles. The van der Waals surface area contributed by atoms with Gasteiger partial charge >= 0.3 is 0 Å². The number of hydrogen-bond acceptors (Lipinski definition) is 8. The number of aromatic amines is 2. The van der Waals surface area contributed by atoms with Crippen molar-refractivity contribution in [2.45, 2.75) is 56.3 Å². The number of nitrogens with zero attached hydrogens (tertiary/aromatic N) is 2. The molecule has 0 saturated carbocycles. The van der Waals surface area contributed by atoms with E-state index >= 15 is 0 Å². The maximum Gasteiger partial charge on any atom is 0.251 e. The van der Waals surface area contributed by atoms with Crippen LogP contribution in [0, 0.1) is 0 Å². The van der Waals surface area contributed by atoms with E-state index in [4.69, 9.17) is 17.2 Å². The molecule has 0 spiro atoms. The van der Waals surface area contributed by atoms with Crippen molar-refractivity contribution in [3.63, 3.8) is 0 Å². The van der Waals surface area contributed by atoms with Crippen molar-refractivity contribution in [3.8, 4) is 0 Å². The molecule has 5 rings (SSSR count). The minimum Gasteiger partial charge on any atom is -0.370 e. The second-order valence-corrected chi connectivity index (χ2v) is 13.7. The van der Waals surface area contributed by atoms with E-state index in [9.17, 15) is 28.8 Å². The maximum atomic E-state index is 14.2. The van der Waals surface area contributed by atoms with Crippen LogP contribution >= 0.6 is 0 Å². The molecular formula is C41H48N12O6. The second kappa shape index (κ2) is 21.1. The molecule has 0 saturated heterocycles. The standard InChI is InChI=1S/C41H48N12O6/c42-36(55)32(19-27-21-47-30-15-8-7-14-29(27)30)52-38(57)31(16-9-17-46-41(43)44)51-39(58)33(18-25-10-3-1-4-11-25)53-40(59)34(20-28-22-45-24-49-28)50-35(54)23-48-37(56)26-12-5-2-6-13-26/h1-8,10-15,21-22,24,31-34,47H,9,16-20,23H2,(H2,42,55)(H,45,49)(H,48,56)(H,50,54)(H,51,58)(H,52,57)(H,53,59)(H4,43,44,46)/t31-,32-,33+,34-/m0/s1. The zero-order chi connectivity index (χ0) is 42.1. The van der Waals surface area contributed by atoms with Gasteiger partial charge in [0.1, 0.15) is 24.2 Å². The van der Waals surface area contributed by atoms with Gasteiger partial charge in [0.05, 0.1) is 12.9 Å². The fraction of sp³-hybridized carbons (Fsp3) is 0.268. The second-order valence-electron chi connectivity index (χ2n) is 13.7. The smallest absolute Gasteiger partial charge is 0.251 e. The lowest BCUT2D eigenvalue weighted by Gasteiger charge is -2.26. The molecule has 4 atom stereocenters. The molecule has 2 aromatic heterocycles. The van der Waals surface area contributed by atoms with Crippen molar-refractivity contribution >= 4 is 52.3 Å². The van der Waals surface area contributed by atoms with Gasteiger partial charge in [-0.1, -0.05) is 66.7 Å². The first kappa shape index (κ1) is 42.6. The van der Waals surface area contributed by atoms with E-state index in [1.807, 2.05) is 24.3 Å². The molecule has 0 unspecified atom stereocenters. The number of benzene rings is 3. The molecule has 6 amide bonds. The van der Waals surface area contributed by atoms with Gasteiger partial charge in [-0.25, -0.2) is 4.98 Å². The van der Waals surface area contributed by atoms with E-state index in [0.717, 1.165) is 16.5 Å². The van der Waals surface area contributed by atoms with Gasteiger partial charge in [-0.15, -0.1) is 0 Å². The summed E-state index contributed by atoms with van der Waals surface area (Å²) in [5.74, 6) is -4.22. The Bertz CT molecular complexity index is 2220. The Labute approximate surface area is 339 Å². The molecule has 0 aliphatic rings. The molecule has 0 aliphatic carbocycles. The average molecular weight is 805 g/mol. The number of nitrogens with one attached hydrogen (secondary N) is 7. The quantitative estimate of drug-likeness (QED) is 0.0267. The summed E-state index contributed by atoms with van der Waals surface area (Å²) in [6.45, 7) is -0.292. The van der Waals surface area contributed by atoms with Gasteiger partial charge < -0.3 is 53.8 Å². The Morgan fingerprint density at radius 1 is 0.678 bits per heavy atom. The molecule has 13 N–H and O–H groups in total. The van der Waals surface area contributed by atoms with Crippen LogP contribution in [-0.2, 0) is 43.2 Å². The summed E-state index contributed by atoms with van der Waals surface area (Å²) >= 11 is 0. The Morgan fingerprint density at radius 2 is 1.31 bits per heavy atom. The van der Waals surface area contributed by atoms with E-state index < -0.39 is 66.2 Å². The van der Waals surface area contributed by atoms with Crippen LogP contribution in [0.5, 0.6) is 0 Å². The molecule has 2 heterocycles. The Hall–Kier alpha value is -7.50. The molecule has 0 fully saturated rings. The third kappa shape index (κ3) is 13.0. The summed E-state index contributed by atoms with van der Waals surface area (Å²) < 4.78 is 0. The number of carbonyl (C=O) groups excluding carboxylic acids is 6. The number of carbonyl (C=O) groups is 6. The first-order chi connectivity index (χ1) is 28.5. The van der Waals surface area contributed by atoms with Crippen LogP contribution in [0.25, 0.3) is 10.9 Å². The van der Waals surface area contributed by atoms with Crippen molar-refractivity contribution in [1.82, 2.24) is 41.5 Å². The van der Waals surface area contributed by atoms with Crippen molar-refractivity contribution in [1.29, 1.82) is 0 Å². The number of rotatable bonds is 21. The zero-order valence-electron chi connectivity index (χ0n) is 32.2. The van der Waals surface area contributed by atoms with Crippen LogP contribution in [0.3, 0.4) is 0 Å².